The number of anilines is 1. The number of aromatic nitrogens is 1. The van der Waals surface area contributed by atoms with Crippen LogP contribution in [0.5, 0.6) is 11.6 Å². The maximum Gasteiger partial charge on any atom is 0.354 e. The van der Waals surface area contributed by atoms with E-state index in [1.807, 2.05) is 17.0 Å². The van der Waals surface area contributed by atoms with Crippen LogP contribution in [0.2, 0.25) is 0 Å². The summed E-state index contributed by atoms with van der Waals surface area (Å²) in [5.41, 5.74) is 1.48. The summed E-state index contributed by atoms with van der Waals surface area (Å²) >= 11 is 0. The van der Waals surface area contributed by atoms with Crippen LogP contribution in [0.4, 0.5) is 11.4 Å². The number of carbonyl (C=O) groups is 1. The molecule has 0 N–H and O–H groups in total. The standard InChI is InChI=1S/C20H23N3O4/c1-15(24)5-6-16-7-9-17(10-8-16)27-20-19(23(25)26)18(11-12-21-20)22-13-3-2-4-14-22/h7-12H,2-6,13-14H2,1H3. The fraction of sp³-hybridized carbons (Fsp3) is 0.400. The van der Waals surface area contributed by atoms with Crippen LogP contribution >= 0.6 is 0 Å². The van der Waals surface area contributed by atoms with Crippen LogP contribution in [0.1, 0.15) is 38.2 Å². The van der Waals surface area contributed by atoms with Gasteiger partial charge in [-0.25, -0.2) is 4.98 Å². The van der Waals surface area contributed by atoms with Crippen molar-refractivity contribution in [3.63, 3.8) is 0 Å². The highest BCUT2D eigenvalue weighted by molar-refractivity contribution is 5.75. The summed E-state index contributed by atoms with van der Waals surface area (Å²) in [6.07, 6.45) is 5.90. The lowest BCUT2D eigenvalue weighted by atomic mass is 10.1. The number of hydrogen-bond donors (Lipinski definition) is 0. The Balaban J connectivity index is 1.81. The number of carbonyl (C=O) groups excluding carboxylic acids is 1. The predicted molar refractivity (Wildman–Crippen MR) is 102 cm³/mol. The number of ketones is 1. The van der Waals surface area contributed by atoms with Crippen LogP contribution in [0, 0.1) is 10.1 Å². The van der Waals surface area contributed by atoms with E-state index in [9.17, 15) is 14.9 Å². The van der Waals surface area contributed by atoms with E-state index in [1.165, 1.54) is 0 Å². The molecule has 7 heteroatoms. The first kappa shape index (κ1) is 18.8. The molecule has 0 spiro atoms. The van der Waals surface area contributed by atoms with Crippen molar-refractivity contribution in [2.75, 3.05) is 18.0 Å². The first-order valence-corrected chi connectivity index (χ1v) is 9.19. The highest BCUT2D eigenvalue weighted by atomic mass is 16.6. The van der Waals surface area contributed by atoms with E-state index in [4.69, 9.17) is 4.74 Å². The number of nitro groups is 1. The molecule has 0 radical (unpaired) electrons. The molecule has 0 unspecified atom stereocenters. The van der Waals surface area contributed by atoms with Crippen molar-refractivity contribution >= 4 is 17.2 Å². The maximum atomic E-state index is 11.7. The Morgan fingerprint density at radius 3 is 2.52 bits per heavy atom. The summed E-state index contributed by atoms with van der Waals surface area (Å²) in [7, 11) is 0. The summed E-state index contributed by atoms with van der Waals surface area (Å²) < 4.78 is 5.74. The van der Waals surface area contributed by atoms with E-state index >= 15 is 0 Å². The summed E-state index contributed by atoms with van der Waals surface area (Å²) in [6, 6.07) is 8.89. The molecule has 1 saturated heterocycles. The van der Waals surface area contributed by atoms with Gasteiger partial charge in [-0.2, -0.15) is 0 Å². The number of hydrogen-bond acceptors (Lipinski definition) is 6. The number of nitrogens with zero attached hydrogens (tertiary/aromatic N) is 3. The summed E-state index contributed by atoms with van der Waals surface area (Å²) in [4.78, 5) is 28.5. The second kappa shape index (κ2) is 8.62. The van der Waals surface area contributed by atoms with Gasteiger partial charge in [0.25, 0.3) is 0 Å². The van der Waals surface area contributed by atoms with Gasteiger partial charge in [-0.1, -0.05) is 12.1 Å². The van der Waals surface area contributed by atoms with Crippen molar-refractivity contribution < 1.29 is 14.5 Å². The van der Waals surface area contributed by atoms with Crippen molar-refractivity contribution in [2.45, 2.75) is 39.0 Å². The zero-order valence-corrected chi connectivity index (χ0v) is 15.4. The molecule has 1 aromatic carbocycles. The second-order valence-electron chi connectivity index (χ2n) is 6.74. The molecule has 7 nitrogen and oxygen atoms in total. The van der Waals surface area contributed by atoms with Crippen LogP contribution in [0.15, 0.2) is 36.5 Å². The molecule has 0 amide bonds. The highest BCUT2D eigenvalue weighted by Gasteiger charge is 2.27. The Bertz CT molecular complexity index is 814. The van der Waals surface area contributed by atoms with E-state index in [0.717, 1.165) is 37.9 Å². The molecule has 27 heavy (non-hydrogen) atoms. The Kier molecular flexibility index (Phi) is 6.01. The fourth-order valence-electron chi connectivity index (χ4n) is 3.22. The smallest absolute Gasteiger partial charge is 0.354 e. The fourth-order valence-corrected chi connectivity index (χ4v) is 3.22. The average molecular weight is 369 g/mol. The number of ether oxygens (including phenoxy) is 1. The predicted octanol–water partition coefficient (Wildman–Crippen LogP) is 4.29. The van der Waals surface area contributed by atoms with Crippen LogP contribution in [-0.4, -0.2) is 28.8 Å². The molecule has 0 atom stereocenters. The number of Topliss-reactive ketones (excluding diaryl/α,β-unsaturated/α-hetero) is 1. The number of pyridine rings is 1. The molecule has 1 aliphatic heterocycles. The molecule has 2 heterocycles. The van der Waals surface area contributed by atoms with Crippen molar-refractivity contribution in [3.05, 3.63) is 52.2 Å². The largest absolute Gasteiger partial charge is 0.434 e. The molecular weight excluding hydrogens is 346 g/mol. The summed E-state index contributed by atoms with van der Waals surface area (Å²) in [6.45, 7) is 3.17. The molecule has 142 valence electrons. The van der Waals surface area contributed by atoms with Crippen LogP contribution < -0.4 is 9.64 Å². The minimum atomic E-state index is -0.423. The van der Waals surface area contributed by atoms with Gasteiger partial charge in [0.2, 0.25) is 0 Å². The van der Waals surface area contributed by atoms with Crippen molar-refractivity contribution in [1.82, 2.24) is 4.98 Å². The van der Waals surface area contributed by atoms with E-state index in [0.29, 0.717) is 24.3 Å². The second-order valence-corrected chi connectivity index (χ2v) is 6.74. The van der Waals surface area contributed by atoms with Gasteiger partial charge >= 0.3 is 11.6 Å². The number of piperidine rings is 1. The third-order valence-corrected chi connectivity index (χ3v) is 4.65. The Morgan fingerprint density at radius 2 is 1.89 bits per heavy atom. The SMILES string of the molecule is CC(=O)CCc1ccc(Oc2nccc(N3CCCCC3)c2[N+](=O)[O-])cc1. The molecule has 2 aromatic rings. The first-order valence-electron chi connectivity index (χ1n) is 9.19. The molecule has 1 aromatic heterocycles. The highest BCUT2D eigenvalue weighted by Crippen LogP contribution is 2.38. The van der Waals surface area contributed by atoms with Gasteiger partial charge < -0.3 is 14.4 Å². The third-order valence-electron chi connectivity index (χ3n) is 4.65. The van der Waals surface area contributed by atoms with Gasteiger partial charge in [-0.15, -0.1) is 0 Å². The van der Waals surface area contributed by atoms with Gasteiger partial charge in [-0.05, 0) is 56.4 Å². The lowest BCUT2D eigenvalue weighted by molar-refractivity contribution is -0.385. The van der Waals surface area contributed by atoms with Crippen molar-refractivity contribution in [1.29, 1.82) is 0 Å². The Morgan fingerprint density at radius 1 is 1.19 bits per heavy atom. The van der Waals surface area contributed by atoms with Gasteiger partial charge in [0.1, 0.15) is 17.2 Å². The van der Waals surface area contributed by atoms with Crippen molar-refractivity contribution in [3.8, 4) is 11.6 Å². The number of benzene rings is 1. The van der Waals surface area contributed by atoms with Gasteiger partial charge in [0.05, 0.1) is 4.92 Å². The Hall–Kier alpha value is -2.96. The average Bonchev–Trinajstić information content (AvgIpc) is 2.67. The number of aryl methyl sites for hydroxylation is 1. The Labute approximate surface area is 158 Å². The zero-order valence-electron chi connectivity index (χ0n) is 15.4. The van der Waals surface area contributed by atoms with Gasteiger partial charge in [0.15, 0.2) is 0 Å². The lowest BCUT2D eigenvalue weighted by Gasteiger charge is -2.28. The van der Waals surface area contributed by atoms with E-state index in [-0.39, 0.29) is 17.4 Å². The molecule has 3 rings (SSSR count). The minimum absolute atomic E-state index is 0.000408. The van der Waals surface area contributed by atoms with E-state index < -0.39 is 4.92 Å². The number of rotatable bonds is 7. The van der Waals surface area contributed by atoms with E-state index in [2.05, 4.69) is 4.98 Å². The van der Waals surface area contributed by atoms with Crippen LogP contribution in [0.25, 0.3) is 0 Å². The quantitative estimate of drug-likeness (QED) is 0.534. The molecule has 0 bridgehead atoms. The molecular formula is C20H23N3O4. The maximum absolute atomic E-state index is 11.7. The monoisotopic (exact) mass is 369 g/mol. The molecule has 1 aliphatic rings. The van der Waals surface area contributed by atoms with Crippen LogP contribution in [-0.2, 0) is 11.2 Å². The zero-order chi connectivity index (χ0) is 19.2. The summed E-state index contributed by atoms with van der Waals surface area (Å²) in [5.74, 6) is 0.622. The lowest BCUT2D eigenvalue weighted by Crippen LogP contribution is -2.30. The molecule has 0 saturated carbocycles. The first-order chi connectivity index (χ1) is 13.0. The van der Waals surface area contributed by atoms with Crippen LogP contribution in [0.3, 0.4) is 0 Å². The third kappa shape index (κ3) is 4.81. The van der Waals surface area contributed by atoms with Gasteiger partial charge in [-0.3, -0.25) is 10.1 Å². The van der Waals surface area contributed by atoms with Gasteiger partial charge in [0, 0.05) is 25.7 Å². The van der Waals surface area contributed by atoms with E-state index in [1.54, 1.807) is 31.3 Å². The molecule has 1 fully saturated rings. The molecule has 0 aliphatic carbocycles. The summed E-state index contributed by atoms with van der Waals surface area (Å²) in [5, 5.41) is 11.7. The minimum Gasteiger partial charge on any atom is -0.434 e. The normalized spacial score (nSPS) is 14.0. The topological polar surface area (TPSA) is 85.6 Å². The van der Waals surface area contributed by atoms with Crippen molar-refractivity contribution in [2.24, 2.45) is 0 Å².